The van der Waals surface area contributed by atoms with Gasteiger partial charge in [0.15, 0.2) is 23.9 Å². The summed E-state index contributed by atoms with van der Waals surface area (Å²) >= 11 is 0. The Morgan fingerprint density at radius 2 is 1.33 bits per heavy atom. The first-order chi connectivity index (χ1) is 20.5. The summed E-state index contributed by atoms with van der Waals surface area (Å²) in [7, 11) is 0. The molecule has 0 bridgehead atoms. The van der Waals surface area contributed by atoms with Crippen molar-refractivity contribution in [3.8, 4) is 6.01 Å². The molecule has 0 amide bonds. The van der Waals surface area contributed by atoms with Gasteiger partial charge in [0.1, 0.15) is 12.7 Å². The van der Waals surface area contributed by atoms with Crippen LogP contribution in [0.15, 0.2) is 12.3 Å². The largest absolute Gasteiger partial charge is 0.463 e. The third-order valence-electron chi connectivity index (χ3n) is 8.28. The van der Waals surface area contributed by atoms with E-state index in [1.807, 2.05) is 0 Å². The molecule has 4 atom stereocenters. The summed E-state index contributed by atoms with van der Waals surface area (Å²) in [6.07, 6.45) is 21.1. The normalized spacial score (nSPS) is 20.1. The Morgan fingerprint density at radius 3 is 1.88 bits per heavy atom. The summed E-state index contributed by atoms with van der Waals surface area (Å²) in [5.74, 6) is -0.551. The van der Waals surface area contributed by atoms with Crippen LogP contribution in [0, 0.1) is 5.41 Å². The number of nitrogens with zero attached hydrogens (tertiary/aromatic N) is 2. The van der Waals surface area contributed by atoms with Crippen LogP contribution in [-0.2, 0) is 23.8 Å². The number of esters is 2. The van der Waals surface area contributed by atoms with Crippen molar-refractivity contribution in [3.63, 3.8) is 0 Å². The smallest absolute Gasteiger partial charge is 0.306 e. The van der Waals surface area contributed by atoms with Gasteiger partial charge in [-0.2, -0.15) is 4.98 Å². The second-order valence-electron chi connectivity index (χ2n) is 11.9. The molecule has 1 saturated heterocycles. The number of hydrogen-bond donors (Lipinski definition) is 1. The molecule has 0 radical (unpaired) electrons. The fourth-order valence-corrected chi connectivity index (χ4v) is 5.77. The molecule has 1 aromatic rings. The van der Waals surface area contributed by atoms with E-state index in [2.05, 4.69) is 18.8 Å². The van der Waals surface area contributed by atoms with Crippen LogP contribution in [0.2, 0.25) is 0 Å². The number of halogens is 1. The van der Waals surface area contributed by atoms with Crippen molar-refractivity contribution >= 4 is 24.3 Å². The van der Waals surface area contributed by atoms with Gasteiger partial charge in [-0.25, -0.2) is 0 Å². The summed E-state index contributed by atoms with van der Waals surface area (Å²) in [5.41, 5.74) is 0.0853. The van der Waals surface area contributed by atoms with E-state index in [0.29, 0.717) is 12.8 Å². The predicted octanol–water partition coefficient (Wildman–Crippen LogP) is 7.74. The van der Waals surface area contributed by atoms with Crippen molar-refractivity contribution in [2.75, 3.05) is 6.61 Å². The predicted molar refractivity (Wildman–Crippen MR) is 168 cm³/mol. The van der Waals surface area contributed by atoms with Gasteiger partial charge >= 0.3 is 17.9 Å². The molecular formula is C33H56ClN3O6. The van der Waals surface area contributed by atoms with Crippen LogP contribution >= 0.6 is 12.4 Å². The molecule has 9 nitrogen and oxygen atoms in total. The lowest BCUT2D eigenvalue weighted by atomic mass is 10.1. The highest BCUT2D eigenvalue weighted by Gasteiger charge is 2.54. The highest BCUT2D eigenvalue weighted by atomic mass is 35.5. The average molecular weight is 626 g/mol. The third kappa shape index (κ3) is 13.2. The number of nitrogens with one attached hydrogen (secondary N) is 1. The summed E-state index contributed by atoms with van der Waals surface area (Å²) < 4.78 is 25.4. The summed E-state index contributed by atoms with van der Waals surface area (Å²) in [5, 5.41) is 7.79. The Kier molecular flexibility index (Phi) is 18.6. The zero-order chi connectivity index (χ0) is 30.0. The Balaban J connectivity index is 0.00000645. The van der Waals surface area contributed by atoms with Gasteiger partial charge in [0.2, 0.25) is 0 Å². The minimum absolute atomic E-state index is 0. The zero-order valence-corrected chi connectivity index (χ0v) is 27.4. The molecule has 0 aromatic carbocycles. The van der Waals surface area contributed by atoms with E-state index < -0.39 is 24.5 Å². The van der Waals surface area contributed by atoms with Gasteiger partial charge < -0.3 is 18.9 Å². The lowest BCUT2D eigenvalue weighted by molar-refractivity contribution is -0.160. The van der Waals surface area contributed by atoms with Crippen LogP contribution < -0.4 is 10.2 Å². The van der Waals surface area contributed by atoms with Gasteiger partial charge in [-0.15, -0.1) is 12.4 Å². The van der Waals surface area contributed by atoms with Crippen LogP contribution in [-0.4, -0.2) is 46.4 Å². The van der Waals surface area contributed by atoms with Crippen molar-refractivity contribution < 1.29 is 28.5 Å². The average Bonchev–Trinajstić information content (AvgIpc) is 3.49. The molecule has 10 heteroatoms. The molecule has 1 aromatic heterocycles. The Morgan fingerprint density at radius 1 is 0.814 bits per heavy atom. The molecule has 1 N–H and O–H groups in total. The van der Waals surface area contributed by atoms with E-state index in [1.165, 1.54) is 77.0 Å². The van der Waals surface area contributed by atoms with Crippen LogP contribution in [0.4, 0.5) is 0 Å². The molecule has 0 saturated carbocycles. The number of unbranched alkanes of at least 4 members (excludes halogenated alkanes) is 16. The molecule has 0 spiro atoms. The van der Waals surface area contributed by atoms with Crippen LogP contribution in [0.1, 0.15) is 148 Å². The second kappa shape index (κ2) is 21.6. The third-order valence-corrected chi connectivity index (χ3v) is 8.28. The van der Waals surface area contributed by atoms with Gasteiger partial charge in [-0.3, -0.25) is 19.6 Å². The molecule has 3 heterocycles. The van der Waals surface area contributed by atoms with E-state index in [0.717, 1.165) is 38.5 Å². The molecule has 0 unspecified atom stereocenters. The van der Waals surface area contributed by atoms with E-state index >= 15 is 0 Å². The fourth-order valence-electron chi connectivity index (χ4n) is 5.77. The quantitative estimate of drug-likeness (QED) is 0.0977. The monoisotopic (exact) mass is 625 g/mol. The van der Waals surface area contributed by atoms with Crippen LogP contribution in [0.3, 0.4) is 0 Å². The van der Waals surface area contributed by atoms with Crippen molar-refractivity contribution in [2.45, 2.75) is 167 Å². The molecule has 246 valence electrons. The minimum atomic E-state index is -0.725. The molecule has 2 aliphatic heterocycles. The molecule has 2 aliphatic rings. The first-order valence-electron chi connectivity index (χ1n) is 16.8. The summed E-state index contributed by atoms with van der Waals surface area (Å²) in [6.45, 7) is 4.46. The maximum atomic E-state index is 12.8. The number of fused-ring (bicyclic) bond motifs is 3. The highest BCUT2D eigenvalue weighted by Crippen LogP contribution is 2.40. The van der Waals surface area contributed by atoms with Crippen molar-refractivity contribution in [3.05, 3.63) is 17.8 Å². The molecular weight excluding hydrogens is 570 g/mol. The topological polar surface area (TPSA) is 113 Å². The standard InChI is InChI=1S/C33H55N3O6.ClH/c1-3-5-7-9-11-13-15-17-19-21-28(37)39-25-26-30(31-32(40-26)36-24-23-27(34)35-33(36)42-31)41-29(38)22-20-18-16-14-12-10-8-6-4-2;/h23-24,26,30-32,34H,3-22,25H2,1-2H3;1H/t26-,30-,31+,32-;/m1./s1. The number of carbonyl (C=O) groups excluding carboxylic acids is 2. The molecule has 3 rings (SSSR count). The van der Waals surface area contributed by atoms with Gasteiger partial charge in [0.05, 0.1) is 0 Å². The van der Waals surface area contributed by atoms with Crippen molar-refractivity contribution in [2.24, 2.45) is 0 Å². The summed E-state index contributed by atoms with van der Waals surface area (Å²) in [4.78, 5) is 29.4. The molecule has 43 heavy (non-hydrogen) atoms. The van der Waals surface area contributed by atoms with Gasteiger partial charge in [-0.05, 0) is 18.9 Å². The SMILES string of the molecule is CCCCCCCCCCCC(=O)OC[C@H]1O[C@@H]2[C@@H](Oc3nc(=N)ccn32)[C@@H]1OC(=O)CCCCCCCCCCC.Cl. The van der Waals surface area contributed by atoms with E-state index in [4.69, 9.17) is 24.4 Å². The fraction of sp³-hybridized carbons (Fsp3) is 0.818. The second-order valence-corrected chi connectivity index (χ2v) is 11.9. The Bertz CT molecular complexity index is 990. The van der Waals surface area contributed by atoms with E-state index in [-0.39, 0.29) is 42.5 Å². The summed E-state index contributed by atoms with van der Waals surface area (Å²) in [6, 6.07) is 1.82. The maximum Gasteiger partial charge on any atom is 0.306 e. The maximum absolute atomic E-state index is 12.8. The minimum Gasteiger partial charge on any atom is -0.463 e. The van der Waals surface area contributed by atoms with Crippen LogP contribution in [0.25, 0.3) is 0 Å². The lowest BCUT2D eigenvalue weighted by Crippen LogP contribution is -2.40. The number of ether oxygens (including phenoxy) is 4. The van der Waals surface area contributed by atoms with Gasteiger partial charge in [-0.1, -0.05) is 117 Å². The lowest BCUT2D eigenvalue weighted by Gasteiger charge is -2.22. The van der Waals surface area contributed by atoms with Gasteiger partial charge in [0, 0.05) is 19.0 Å². The Hall–Kier alpha value is -2.13. The Labute approximate surface area is 264 Å². The van der Waals surface area contributed by atoms with Crippen molar-refractivity contribution in [1.29, 1.82) is 5.41 Å². The first-order valence-corrected chi connectivity index (χ1v) is 16.8. The van der Waals surface area contributed by atoms with Gasteiger partial charge in [0.25, 0.3) is 0 Å². The highest BCUT2D eigenvalue weighted by molar-refractivity contribution is 5.85. The van der Waals surface area contributed by atoms with Crippen molar-refractivity contribution in [1.82, 2.24) is 9.55 Å². The number of aromatic nitrogens is 2. The van der Waals surface area contributed by atoms with Crippen LogP contribution in [0.5, 0.6) is 6.01 Å². The van der Waals surface area contributed by atoms with E-state index in [1.54, 1.807) is 16.8 Å². The number of rotatable bonds is 23. The first kappa shape index (κ1) is 37.1. The zero-order valence-electron chi connectivity index (χ0n) is 26.6. The number of carbonyl (C=O) groups is 2. The molecule has 0 aliphatic carbocycles. The molecule has 1 fully saturated rings. The van der Waals surface area contributed by atoms with E-state index in [9.17, 15) is 9.59 Å². The number of hydrogen-bond acceptors (Lipinski definition) is 8.